The minimum absolute atomic E-state index is 0.154. The molecule has 1 N–H and O–H groups in total. The number of amides is 2. The molecular formula is C12H13NO3. The van der Waals surface area contributed by atoms with Crippen molar-refractivity contribution in [3.63, 3.8) is 0 Å². The Morgan fingerprint density at radius 3 is 2.31 bits per heavy atom. The van der Waals surface area contributed by atoms with Gasteiger partial charge in [-0.2, -0.15) is 0 Å². The molecule has 0 saturated carbocycles. The van der Waals surface area contributed by atoms with Gasteiger partial charge in [-0.15, -0.1) is 0 Å². The van der Waals surface area contributed by atoms with Gasteiger partial charge < -0.3 is 5.11 Å². The maximum atomic E-state index is 11.4. The van der Waals surface area contributed by atoms with Gasteiger partial charge in [0.05, 0.1) is 0 Å². The third-order valence-electron chi connectivity index (χ3n) is 2.13. The highest BCUT2D eigenvalue weighted by Gasteiger charge is 2.11. The average Bonchev–Trinajstić information content (AvgIpc) is 2.28. The fourth-order valence-corrected chi connectivity index (χ4v) is 1.06. The van der Waals surface area contributed by atoms with Crippen molar-refractivity contribution in [1.82, 2.24) is 4.90 Å². The normalized spacial score (nSPS) is 11.0. The first-order valence-electron chi connectivity index (χ1n) is 4.76. The highest BCUT2D eigenvalue weighted by Crippen LogP contribution is 2.10. The highest BCUT2D eigenvalue weighted by molar-refractivity contribution is 6.02. The van der Waals surface area contributed by atoms with Gasteiger partial charge in [0, 0.05) is 25.6 Å². The van der Waals surface area contributed by atoms with Crippen LogP contribution in [0.3, 0.4) is 0 Å². The Hall–Kier alpha value is -2.10. The summed E-state index contributed by atoms with van der Waals surface area (Å²) in [5, 5.41) is 9.62. The number of hydrogen-bond acceptors (Lipinski definition) is 3. The maximum Gasteiger partial charge on any atom is 0.256 e. The molecule has 0 aliphatic heterocycles. The molecule has 0 saturated heterocycles. The molecule has 0 atom stereocenters. The smallest absolute Gasteiger partial charge is 0.256 e. The molecule has 4 heteroatoms. The third-order valence-corrected chi connectivity index (χ3v) is 2.13. The summed E-state index contributed by atoms with van der Waals surface area (Å²) in [6.45, 7) is 1.28. The quantitative estimate of drug-likeness (QED) is 0.607. The number of benzene rings is 1. The van der Waals surface area contributed by atoms with Crippen molar-refractivity contribution in [1.29, 1.82) is 0 Å². The van der Waals surface area contributed by atoms with E-state index in [4.69, 9.17) is 0 Å². The summed E-state index contributed by atoms with van der Waals surface area (Å²) in [4.78, 5) is 23.3. The number of imide groups is 1. The molecule has 4 nitrogen and oxygen atoms in total. The Morgan fingerprint density at radius 2 is 1.81 bits per heavy atom. The van der Waals surface area contributed by atoms with Gasteiger partial charge in [0.1, 0.15) is 5.76 Å². The monoisotopic (exact) mass is 219 g/mol. The van der Waals surface area contributed by atoms with Crippen molar-refractivity contribution in [3.05, 3.63) is 42.0 Å². The van der Waals surface area contributed by atoms with Gasteiger partial charge >= 0.3 is 0 Å². The lowest BCUT2D eigenvalue weighted by Crippen LogP contribution is -2.29. The number of nitrogens with zero attached hydrogens (tertiary/aromatic N) is 1. The summed E-state index contributed by atoms with van der Waals surface area (Å²) >= 11 is 0. The second-order valence-corrected chi connectivity index (χ2v) is 3.31. The van der Waals surface area contributed by atoms with Gasteiger partial charge in [0.25, 0.3) is 5.91 Å². The number of carbonyl (C=O) groups is 2. The topological polar surface area (TPSA) is 57.6 Å². The molecule has 0 unspecified atom stereocenters. The Labute approximate surface area is 93.8 Å². The van der Waals surface area contributed by atoms with Gasteiger partial charge in [-0.1, -0.05) is 30.3 Å². The maximum absolute atomic E-state index is 11.4. The lowest BCUT2D eigenvalue weighted by molar-refractivity contribution is -0.138. The van der Waals surface area contributed by atoms with E-state index in [1.54, 1.807) is 30.3 Å². The van der Waals surface area contributed by atoms with E-state index < -0.39 is 5.91 Å². The van der Waals surface area contributed by atoms with Gasteiger partial charge in [-0.3, -0.25) is 14.5 Å². The Morgan fingerprint density at radius 1 is 1.25 bits per heavy atom. The van der Waals surface area contributed by atoms with Crippen molar-refractivity contribution in [2.75, 3.05) is 7.05 Å². The molecule has 84 valence electrons. The molecular weight excluding hydrogens is 206 g/mol. The molecule has 0 radical (unpaired) electrons. The van der Waals surface area contributed by atoms with Crippen LogP contribution in [0.1, 0.15) is 12.5 Å². The average molecular weight is 219 g/mol. The lowest BCUT2D eigenvalue weighted by Gasteiger charge is -2.09. The van der Waals surface area contributed by atoms with Crippen LogP contribution in [0.2, 0.25) is 0 Å². The van der Waals surface area contributed by atoms with E-state index in [1.165, 1.54) is 14.0 Å². The summed E-state index contributed by atoms with van der Waals surface area (Å²) in [6.07, 6.45) is 1.02. The number of aliphatic hydroxyl groups is 1. The number of carbonyl (C=O) groups excluding carboxylic acids is 2. The zero-order valence-electron chi connectivity index (χ0n) is 9.18. The van der Waals surface area contributed by atoms with Crippen LogP contribution in [-0.4, -0.2) is 28.9 Å². The van der Waals surface area contributed by atoms with Crippen molar-refractivity contribution < 1.29 is 14.7 Å². The fourth-order valence-electron chi connectivity index (χ4n) is 1.06. The van der Waals surface area contributed by atoms with Crippen LogP contribution in [0.25, 0.3) is 5.76 Å². The molecule has 0 aromatic heterocycles. The molecule has 1 rings (SSSR count). The lowest BCUT2D eigenvalue weighted by atomic mass is 10.2. The first-order valence-corrected chi connectivity index (χ1v) is 4.76. The van der Waals surface area contributed by atoms with Crippen molar-refractivity contribution >= 4 is 17.6 Å². The molecule has 2 amide bonds. The summed E-state index contributed by atoms with van der Waals surface area (Å²) in [5.41, 5.74) is 0.535. The van der Waals surface area contributed by atoms with Gasteiger partial charge in [0.15, 0.2) is 0 Å². The molecule has 0 bridgehead atoms. The first kappa shape index (κ1) is 12.0. The SMILES string of the molecule is CC(=O)N(C)C(=O)C=C(O)c1ccccc1. The zero-order valence-corrected chi connectivity index (χ0v) is 9.18. The Bertz CT molecular complexity index is 423. The predicted molar refractivity (Wildman–Crippen MR) is 60.5 cm³/mol. The second-order valence-electron chi connectivity index (χ2n) is 3.31. The van der Waals surface area contributed by atoms with Crippen LogP contribution in [0.15, 0.2) is 36.4 Å². The zero-order chi connectivity index (χ0) is 12.1. The highest BCUT2D eigenvalue weighted by atomic mass is 16.3. The largest absolute Gasteiger partial charge is 0.507 e. The number of likely N-dealkylation sites (N-methyl/N-ethyl adjacent to an activating group) is 1. The molecule has 0 fully saturated rings. The van der Waals surface area contributed by atoms with E-state index in [1.807, 2.05) is 0 Å². The second kappa shape index (κ2) is 5.11. The van der Waals surface area contributed by atoms with Gasteiger partial charge in [0.2, 0.25) is 5.91 Å². The molecule has 16 heavy (non-hydrogen) atoms. The summed E-state index contributed by atoms with van der Waals surface area (Å²) in [6, 6.07) is 8.65. The van der Waals surface area contributed by atoms with Crippen LogP contribution in [-0.2, 0) is 9.59 Å². The van der Waals surface area contributed by atoms with Gasteiger partial charge in [-0.05, 0) is 0 Å². The molecule has 0 aliphatic rings. The van der Waals surface area contributed by atoms with E-state index in [0.29, 0.717) is 5.56 Å². The molecule has 1 aromatic carbocycles. The molecule has 0 heterocycles. The summed E-state index contributed by atoms with van der Waals surface area (Å²) < 4.78 is 0. The summed E-state index contributed by atoms with van der Waals surface area (Å²) in [5.74, 6) is -1.07. The molecule has 0 spiro atoms. The summed E-state index contributed by atoms with van der Waals surface area (Å²) in [7, 11) is 1.36. The van der Waals surface area contributed by atoms with E-state index in [-0.39, 0.29) is 11.7 Å². The third kappa shape index (κ3) is 2.95. The van der Waals surface area contributed by atoms with Crippen LogP contribution in [0.5, 0.6) is 0 Å². The van der Waals surface area contributed by atoms with Crippen LogP contribution in [0.4, 0.5) is 0 Å². The van der Waals surface area contributed by atoms with E-state index in [0.717, 1.165) is 11.0 Å². The van der Waals surface area contributed by atoms with Crippen LogP contribution < -0.4 is 0 Å². The van der Waals surface area contributed by atoms with Crippen LogP contribution >= 0.6 is 0 Å². The van der Waals surface area contributed by atoms with Crippen LogP contribution in [0, 0.1) is 0 Å². The minimum Gasteiger partial charge on any atom is -0.507 e. The first-order chi connectivity index (χ1) is 7.52. The van der Waals surface area contributed by atoms with Crippen molar-refractivity contribution in [2.45, 2.75) is 6.92 Å². The fraction of sp³-hybridized carbons (Fsp3) is 0.167. The number of rotatable bonds is 2. The van der Waals surface area contributed by atoms with E-state index in [2.05, 4.69) is 0 Å². The molecule has 1 aromatic rings. The van der Waals surface area contributed by atoms with Gasteiger partial charge in [-0.25, -0.2) is 0 Å². The van der Waals surface area contributed by atoms with Crippen molar-refractivity contribution in [3.8, 4) is 0 Å². The van der Waals surface area contributed by atoms with E-state index >= 15 is 0 Å². The van der Waals surface area contributed by atoms with E-state index in [9.17, 15) is 14.7 Å². The number of hydrogen-bond donors (Lipinski definition) is 1. The predicted octanol–water partition coefficient (Wildman–Crippen LogP) is 1.59. The molecule has 0 aliphatic carbocycles. The number of aliphatic hydroxyl groups excluding tert-OH is 1. The minimum atomic E-state index is -0.547. The Kier molecular flexibility index (Phi) is 3.83. The Balaban J connectivity index is 2.86. The van der Waals surface area contributed by atoms with Crippen molar-refractivity contribution in [2.24, 2.45) is 0 Å². The standard InChI is InChI=1S/C12H13NO3/c1-9(14)13(2)12(16)8-11(15)10-6-4-3-5-7-10/h3-8,15H,1-2H3.